The summed E-state index contributed by atoms with van der Waals surface area (Å²) in [5.74, 6) is 0.819. The predicted molar refractivity (Wildman–Crippen MR) is 82.2 cm³/mol. The van der Waals surface area contributed by atoms with Gasteiger partial charge in [0.2, 0.25) is 0 Å². The van der Waals surface area contributed by atoms with Crippen LogP contribution >= 0.6 is 0 Å². The number of hydrogen-bond donors (Lipinski definition) is 1. The Kier molecular flexibility index (Phi) is 5.00. The van der Waals surface area contributed by atoms with E-state index < -0.39 is 0 Å². The minimum Gasteiger partial charge on any atom is -0.329 e. The molecule has 2 N–H and O–H groups in total. The lowest BCUT2D eigenvalue weighted by Gasteiger charge is -2.42. The standard InChI is InChI=1S/C17H28N2/c1-4-15-5-7-16(8-6-15)14(3)19-10-9-13(2)11-17(19)12-18/h5-8,13-14,17H,4,9-12,18H2,1-3H3. The molecule has 106 valence electrons. The Hall–Kier alpha value is -0.860. The number of hydrogen-bond acceptors (Lipinski definition) is 2. The lowest BCUT2D eigenvalue weighted by Crippen LogP contribution is -2.47. The second-order valence-electron chi connectivity index (χ2n) is 6.03. The van der Waals surface area contributed by atoms with Crippen molar-refractivity contribution in [1.29, 1.82) is 0 Å². The third-order valence-corrected chi connectivity index (χ3v) is 4.66. The summed E-state index contributed by atoms with van der Waals surface area (Å²) in [4.78, 5) is 2.60. The Balaban J connectivity index is 2.10. The monoisotopic (exact) mass is 260 g/mol. The van der Waals surface area contributed by atoms with Gasteiger partial charge in [0.1, 0.15) is 0 Å². The van der Waals surface area contributed by atoms with Crippen LogP contribution < -0.4 is 5.73 Å². The fourth-order valence-electron chi connectivity index (χ4n) is 3.23. The first-order valence-electron chi connectivity index (χ1n) is 7.70. The zero-order chi connectivity index (χ0) is 13.8. The van der Waals surface area contributed by atoms with E-state index in [0.29, 0.717) is 12.1 Å². The third kappa shape index (κ3) is 3.37. The molecule has 2 heteroatoms. The van der Waals surface area contributed by atoms with Crippen molar-refractivity contribution < 1.29 is 0 Å². The van der Waals surface area contributed by atoms with Gasteiger partial charge in [-0.15, -0.1) is 0 Å². The lowest BCUT2D eigenvalue weighted by atomic mass is 9.90. The van der Waals surface area contributed by atoms with Crippen LogP contribution in [-0.2, 0) is 6.42 Å². The average molecular weight is 260 g/mol. The zero-order valence-electron chi connectivity index (χ0n) is 12.6. The molecule has 3 unspecified atom stereocenters. The summed E-state index contributed by atoms with van der Waals surface area (Å²) in [5, 5.41) is 0. The van der Waals surface area contributed by atoms with Crippen LogP contribution in [0.4, 0.5) is 0 Å². The third-order valence-electron chi connectivity index (χ3n) is 4.66. The van der Waals surface area contributed by atoms with E-state index in [1.165, 1.54) is 30.5 Å². The van der Waals surface area contributed by atoms with Crippen LogP contribution in [0.2, 0.25) is 0 Å². The van der Waals surface area contributed by atoms with E-state index in [2.05, 4.69) is 49.9 Å². The van der Waals surface area contributed by atoms with Crippen LogP contribution in [-0.4, -0.2) is 24.0 Å². The van der Waals surface area contributed by atoms with Crippen molar-refractivity contribution in [3.8, 4) is 0 Å². The summed E-state index contributed by atoms with van der Waals surface area (Å²) in [7, 11) is 0. The van der Waals surface area contributed by atoms with E-state index in [1.807, 2.05) is 0 Å². The van der Waals surface area contributed by atoms with Gasteiger partial charge >= 0.3 is 0 Å². The first kappa shape index (κ1) is 14.5. The van der Waals surface area contributed by atoms with E-state index >= 15 is 0 Å². The molecule has 0 aliphatic carbocycles. The molecule has 0 spiro atoms. The normalized spacial score (nSPS) is 26.3. The smallest absolute Gasteiger partial charge is 0.0323 e. The maximum absolute atomic E-state index is 5.98. The maximum atomic E-state index is 5.98. The average Bonchev–Trinajstić information content (AvgIpc) is 2.46. The van der Waals surface area contributed by atoms with Gasteiger partial charge in [-0.05, 0) is 49.8 Å². The highest BCUT2D eigenvalue weighted by atomic mass is 15.2. The van der Waals surface area contributed by atoms with Crippen molar-refractivity contribution in [3.05, 3.63) is 35.4 Å². The molecule has 0 bridgehead atoms. The van der Waals surface area contributed by atoms with Crippen molar-refractivity contribution in [1.82, 2.24) is 4.90 Å². The van der Waals surface area contributed by atoms with Crippen molar-refractivity contribution in [2.45, 2.75) is 52.1 Å². The van der Waals surface area contributed by atoms with E-state index in [4.69, 9.17) is 5.73 Å². The molecule has 0 radical (unpaired) electrons. The van der Waals surface area contributed by atoms with Crippen LogP contribution in [0.1, 0.15) is 50.8 Å². The minimum absolute atomic E-state index is 0.479. The molecule has 1 aliphatic rings. The minimum atomic E-state index is 0.479. The SMILES string of the molecule is CCc1ccc(C(C)N2CCC(C)CC2CN)cc1. The van der Waals surface area contributed by atoms with Crippen LogP contribution in [0.5, 0.6) is 0 Å². The van der Waals surface area contributed by atoms with Crippen molar-refractivity contribution in [3.63, 3.8) is 0 Å². The van der Waals surface area contributed by atoms with E-state index in [9.17, 15) is 0 Å². The van der Waals surface area contributed by atoms with Gasteiger partial charge in [0.05, 0.1) is 0 Å². The molecular weight excluding hydrogens is 232 g/mol. The number of nitrogens with two attached hydrogens (primary N) is 1. The van der Waals surface area contributed by atoms with Crippen LogP contribution in [0, 0.1) is 5.92 Å². The van der Waals surface area contributed by atoms with Gasteiger partial charge in [-0.3, -0.25) is 4.90 Å². The zero-order valence-corrected chi connectivity index (χ0v) is 12.6. The Morgan fingerprint density at radius 2 is 2.00 bits per heavy atom. The molecule has 1 fully saturated rings. The van der Waals surface area contributed by atoms with Gasteiger partial charge < -0.3 is 5.73 Å². The van der Waals surface area contributed by atoms with Crippen LogP contribution in [0.3, 0.4) is 0 Å². The lowest BCUT2D eigenvalue weighted by molar-refractivity contribution is 0.0834. The first-order chi connectivity index (χ1) is 9.15. The van der Waals surface area contributed by atoms with Crippen LogP contribution in [0.15, 0.2) is 24.3 Å². The molecule has 2 nitrogen and oxygen atoms in total. The summed E-state index contributed by atoms with van der Waals surface area (Å²) < 4.78 is 0. The summed E-state index contributed by atoms with van der Waals surface area (Å²) in [6, 6.07) is 10.1. The molecule has 1 aromatic carbocycles. The van der Waals surface area contributed by atoms with E-state index in [0.717, 1.165) is 18.9 Å². The molecule has 1 aromatic rings. The summed E-state index contributed by atoms with van der Waals surface area (Å²) >= 11 is 0. The number of aryl methyl sites for hydroxylation is 1. The molecular formula is C17H28N2. The molecule has 3 atom stereocenters. The molecule has 1 aliphatic heterocycles. The number of piperidine rings is 1. The fourth-order valence-corrected chi connectivity index (χ4v) is 3.23. The Morgan fingerprint density at radius 3 is 2.58 bits per heavy atom. The second-order valence-corrected chi connectivity index (χ2v) is 6.03. The molecule has 1 heterocycles. The van der Waals surface area contributed by atoms with Gasteiger partial charge in [0.25, 0.3) is 0 Å². The Bertz CT molecular complexity index is 385. The number of rotatable bonds is 4. The van der Waals surface area contributed by atoms with Crippen molar-refractivity contribution in [2.75, 3.05) is 13.1 Å². The molecule has 0 amide bonds. The quantitative estimate of drug-likeness (QED) is 0.899. The van der Waals surface area contributed by atoms with Gasteiger partial charge in [-0.2, -0.15) is 0 Å². The first-order valence-corrected chi connectivity index (χ1v) is 7.70. The van der Waals surface area contributed by atoms with Gasteiger partial charge in [0.15, 0.2) is 0 Å². The second kappa shape index (κ2) is 6.53. The largest absolute Gasteiger partial charge is 0.329 e. The van der Waals surface area contributed by atoms with Gasteiger partial charge in [-0.25, -0.2) is 0 Å². The maximum Gasteiger partial charge on any atom is 0.0323 e. The molecule has 1 saturated heterocycles. The molecule has 2 rings (SSSR count). The van der Waals surface area contributed by atoms with Crippen LogP contribution in [0.25, 0.3) is 0 Å². The van der Waals surface area contributed by atoms with Gasteiger partial charge in [-0.1, -0.05) is 38.1 Å². The summed E-state index contributed by atoms with van der Waals surface area (Å²) in [6.45, 7) is 8.83. The topological polar surface area (TPSA) is 29.3 Å². The Morgan fingerprint density at radius 1 is 1.32 bits per heavy atom. The molecule has 0 aromatic heterocycles. The van der Waals surface area contributed by atoms with Crippen molar-refractivity contribution >= 4 is 0 Å². The fraction of sp³-hybridized carbons (Fsp3) is 0.647. The molecule has 19 heavy (non-hydrogen) atoms. The molecule has 0 saturated carbocycles. The number of nitrogens with zero attached hydrogens (tertiary/aromatic N) is 1. The Labute approximate surface area is 118 Å². The number of likely N-dealkylation sites (tertiary alicyclic amines) is 1. The van der Waals surface area contributed by atoms with Gasteiger partial charge in [0, 0.05) is 18.6 Å². The highest BCUT2D eigenvalue weighted by Gasteiger charge is 2.29. The van der Waals surface area contributed by atoms with E-state index in [1.54, 1.807) is 0 Å². The van der Waals surface area contributed by atoms with Crippen molar-refractivity contribution in [2.24, 2.45) is 11.7 Å². The predicted octanol–water partition coefficient (Wildman–Crippen LogP) is 3.37. The number of benzene rings is 1. The highest BCUT2D eigenvalue weighted by molar-refractivity contribution is 5.25. The highest BCUT2D eigenvalue weighted by Crippen LogP contribution is 2.30. The van der Waals surface area contributed by atoms with E-state index in [-0.39, 0.29) is 0 Å². The summed E-state index contributed by atoms with van der Waals surface area (Å²) in [5.41, 5.74) is 8.81. The summed E-state index contributed by atoms with van der Waals surface area (Å²) in [6.07, 6.45) is 3.66.